The van der Waals surface area contributed by atoms with Crippen molar-refractivity contribution < 1.29 is 8.78 Å². The van der Waals surface area contributed by atoms with Crippen LogP contribution in [0.25, 0.3) is 0 Å². The number of aryl methyl sites for hydroxylation is 1. The van der Waals surface area contributed by atoms with Gasteiger partial charge in [-0.05, 0) is 36.1 Å². The number of halogens is 4. The first-order valence-corrected chi connectivity index (χ1v) is 6.52. The summed E-state index contributed by atoms with van der Waals surface area (Å²) in [7, 11) is 0. The molecule has 0 aliphatic heterocycles. The number of rotatable bonds is 2. The lowest BCUT2D eigenvalue weighted by Crippen LogP contribution is -1.98. The van der Waals surface area contributed by atoms with Crippen LogP contribution in [0.15, 0.2) is 23.6 Å². The summed E-state index contributed by atoms with van der Waals surface area (Å²) >= 11 is 13.4. The van der Waals surface area contributed by atoms with Gasteiger partial charge in [0, 0.05) is 10.4 Å². The van der Waals surface area contributed by atoms with Gasteiger partial charge in [-0.2, -0.15) is 0 Å². The highest BCUT2D eigenvalue weighted by Gasteiger charge is 2.20. The van der Waals surface area contributed by atoms with Crippen molar-refractivity contribution in [3.05, 3.63) is 56.2 Å². The molecule has 0 bridgehead atoms. The van der Waals surface area contributed by atoms with Crippen molar-refractivity contribution in [2.45, 2.75) is 12.3 Å². The van der Waals surface area contributed by atoms with Crippen molar-refractivity contribution in [3.63, 3.8) is 0 Å². The minimum absolute atomic E-state index is 0.110. The minimum Gasteiger partial charge on any atom is -0.207 e. The van der Waals surface area contributed by atoms with Crippen LogP contribution in [0.1, 0.15) is 21.4 Å². The van der Waals surface area contributed by atoms with Crippen LogP contribution in [-0.4, -0.2) is 0 Å². The Hall–Kier alpha value is -0.640. The quantitative estimate of drug-likeness (QED) is 0.658. The van der Waals surface area contributed by atoms with E-state index in [1.54, 1.807) is 11.4 Å². The zero-order chi connectivity index (χ0) is 12.6. The van der Waals surface area contributed by atoms with Gasteiger partial charge in [-0.15, -0.1) is 22.9 Å². The Labute approximate surface area is 112 Å². The predicted octanol–water partition coefficient (Wildman–Crippen LogP) is 5.32. The number of benzene rings is 1. The van der Waals surface area contributed by atoms with Crippen LogP contribution in [0.2, 0.25) is 5.02 Å². The third-order valence-corrected chi connectivity index (χ3v) is 4.43. The number of hydrogen-bond acceptors (Lipinski definition) is 1. The van der Waals surface area contributed by atoms with E-state index in [1.165, 1.54) is 18.3 Å². The summed E-state index contributed by atoms with van der Waals surface area (Å²) in [6.07, 6.45) is 0. The molecule has 0 radical (unpaired) electrons. The predicted molar refractivity (Wildman–Crippen MR) is 68.1 cm³/mol. The van der Waals surface area contributed by atoms with Gasteiger partial charge in [0.05, 0.1) is 10.4 Å². The number of thiophene rings is 1. The Balaban J connectivity index is 2.48. The van der Waals surface area contributed by atoms with Crippen LogP contribution in [0.4, 0.5) is 8.78 Å². The van der Waals surface area contributed by atoms with E-state index in [9.17, 15) is 8.78 Å². The maximum absolute atomic E-state index is 13.7. The molecule has 0 aliphatic rings. The highest BCUT2D eigenvalue weighted by molar-refractivity contribution is 7.11. The van der Waals surface area contributed by atoms with E-state index in [0.29, 0.717) is 9.90 Å². The van der Waals surface area contributed by atoms with Crippen molar-refractivity contribution in [1.29, 1.82) is 0 Å². The molecule has 0 spiro atoms. The zero-order valence-electron chi connectivity index (χ0n) is 8.81. The van der Waals surface area contributed by atoms with E-state index < -0.39 is 17.0 Å². The first-order valence-electron chi connectivity index (χ1n) is 4.83. The second-order valence-electron chi connectivity index (χ2n) is 3.62. The normalized spacial score (nSPS) is 12.8. The molecular weight excluding hydrogens is 285 g/mol. The van der Waals surface area contributed by atoms with Crippen molar-refractivity contribution in [3.8, 4) is 0 Å². The first-order chi connectivity index (χ1) is 8.00. The molecule has 2 aromatic rings. The first kappa shape index (κ1) is 12.8. The molecule has 0 saturated carbocycles. The standard InChI is InChI=1S/C12H8Cl2F2S/c1-6-4-10(16)7(5-9(6)15)11(14)12-8(13)2-3-17-12/h2-5,11H,1H3. The van der Waals surface area contributed by atoms with Crippen molar-refractivity contribution in [2.75, 3.05) is 0 Å². The van der Waals surface area contributed by atoms with Gasteiger partial charge in [-0.3, -0.25) is 0 Å². The summed E-state index contributed by atoms with van der Waals surface area (Å²) in [5.41, 5.74) is 0.367. The van der Waals surface area contributed by atoms with E-state index in [4.69, 9.17) is 23.2 Å². The average molecular weight is 293 g/mol. The second-order valence-corrected chi connectivity index (χ2v) is 5.41. The molecule has 1 unspecified atom stereocenters. The van der Waals surface area contributed by atoms with Gasteiger partial charge in [0.2, 0.25) is 0 Å². The number of hydrogen-bond donors (Lipinski definition) is 0. The maximum Gasteiger partial charge on any atom is 0.128 e. The molecule has 0 fully saturated rings. The molecule has 1 atom stereocenters. The third-order valence-electron chi connectivity index (χ3n) is 2.43. The molecule has 17 heavy (non-hydrogen) atoms. The lowest BCUT2D eigenvalue weighted by atomic mass is 10.1. The summed E-state index contributed by atoms with van der Waals surface area (Å²) < 4.78 is 27.1. The Morgan fingerprint density at radius 3 is 2.53 bits per heavy atom. The smallest absolute Gasteiger partial charge is 0.128 e. The average Bonchev–Trinajstić information content (AvgIpc) is 2.69. The van der Waals surface area contributed by atoms with Gasteiger partial charge in [-0.25, -0.2) is 8.78 Å². The van der Waals surface area contributed by atoms with Crippen LogP contribution in [0.3, 0.4) is 0 Å². The minimum atomic E-state index is -0.766. The third kappa shape index (κ3) is 2.46. The molecule has 2 rings (SSSR count). The lowest BCUT2D eigenvalue weighted by molar-refractivity contribution is 0.581. The Kier molecular flexibility index (Phi) is 3.71. The van der Waals surface area contributed by atoms with E-state index in [0.717, 1.165) is 12.1 Å². The molecule has 0 aliphatic carbocycles. The van der Waals surface area contributed by atoms with Crippen LogP contribution in [-0.2, 0) is 0 Å². The molecule has 0 saturated heterocycles. The van der Waals surface area contributed by atoms with Crippen LogP contribution in [0, 0.1) is 18.6 Å². The molecule has 1 heterocycles. The summed E-state index contributed by atoms with van der Waals surface area (Å²) in [5, 5.41) is 1.46. The Morgan fingerprint density at radius 1 is 1.24 bits per heavy atom. The molecule has 90 valence electrons. The van der Waals surface area contributed by atoms with Gasteiger partial charge >= 0.3 is 0 Å². The second kappa shape index (κ2) is 4.92. The van der Waals surface area contributed by atoms with E-state index in [2.05, 4.69) is 0 Å². The SMILES string of the molecule is Cc1cc(F)c(C(Cl)c2sccc2Cl)cc1F. The molecule has 0 nitrogen and oxygen atoms in total. The van der Waals surface area contributed by atoms with Crippen LogP contribution >= 0.6 is 34.5 Å². The number of alkyl halides is 1. The summed E-state index contributed by atoms with van der Waals surface area (Å²) in [5.74, 6) is -0.993. The van der Waals surface area contributed by atoms with Crippen LogP contribution < -0.4 is 0 Å². The van der Waals surface area contributed by atoms with E-state index in [-0.39, 0.29) is 11.1 Å². The Morgan fingerprint density at radius 2 is 1.94 bits per heavy atom. The van der Waals surface area contributed by atoms with Gasteiger partial charge in [0.25, 0.3) is 0 Å². The van der Waals surface area contributed by atoms with Gasteiger partial charge < -0.3 is 0 Å². The largest absolute Gasteiger partial charge is 0.207 e. The molecule has 0 N–H and O–H groups in total. The van der Waals surface area contributed by atoms with Gasteiger partial charge in [0.1, 0.15) is 11.6 Å². The molecule has 1 aromatic carbocycles. The molecule has 0 amide bonds. The van der Waals surface area contributed by atoms with E-state index in [1.807, 2.05) is 0 Å². The van der Waals surface area contributed by atoms with Crippen LogP contribution in [0.5, 0.6) is 0 Å². The molecule has 1 aromatic heterocycles. The van der Waals surface area contributed by atoms with E-state index >= 15 is 0 Å². The lowest BCUT2D eigenvalue weighted by Gasteiger charge is -2.11. The van der Waals surface area contributed by atoms with Crippen molar-refractivity contribution in [1.82, 2.24) is 0 Å². The Bertz CT molecular complexity index is 551. The van der Waals surface area contributed by atoms with Crippen molar-refractivity contribution >= 4 is 34.5 Å². The maximum atomic E-state index is 13.7. The fraction of sp³-hybridized carbons (Fsp3) is 0.167. The fourth-order valence-electron chi connectivity index (χ4n) is 1.48. The topological polar surface area (TPSA) is 0 Å². The van der Waals surface area contributed by atoms with Gasteiger partial charge in [0.15, 0.2) is 0 Å². The summed E-state index contributed by atoms with van der Waals surface area (Å²) in [4.78, 5) is 0.621. The summed E-state index contributed by atoms with van der Waals surface area (Å²) in [6, 6.07) is 3.94. The fourth-order valence-corrected chi connectivity index (χ4v) is 3.14. The highest BCUT2D eigenvalue weighted by atomic mass is 35.5. The zero-order valence-corrected chi connectivity index (χ0v) is 11.1. The summed E-state index contributed by atoms with van der Waals surface area (Å²) in [6.45, 7) is 1.50. The highest BCUT2D eigenvalue weighted by Crippen LogP contribution is 2.38. The monoisotopic (exact) mass is 292 g/mol. The molecular formula is C12H8Cl2F2S. The molecule has 5 heteroatoms. The van der Waals surface area contributed by atoms with Gasteiger partial charge in [-0.1, -0.05) is 11.6 Å². The van der Waals surface area contributed by atoms with Crippen molar-refractivity contribution in [2.24, 2.45) is 0 Å².